The molecule has 0 aliphatic carbocycles. The first kappa shape index (κ1) is 37.7. The van der Waals surface area contributed by atoms with Gasteiger partial charge in [0.15, 0.2) is 6.10 Å². The van der Waals surface area contributed by atoms with Gasteiger partial charge in [0.25, 0.3) is 0 Å². The molecule has 0 spiro atoms. The molecule has 2 unspecified atom stereocenters. The molecule has 0 amide bonds. The first-order valence-electron chi connectivity index (χ1n) is 14.3. The normalized spacial score (nSPS) is 14.6. The molecular formula is C30H50NO8P. The predicted molar refractivity (Wildman–Crippen MR) is 159 cm³/mol. The molecule has 0 aliphatic heterocycles. The molecule has 228 valence electrons. The van der Waals surface area contributed by atoms with Crippen LogP contribution in [0.2, 0.25) is 0 Å². The second kappa shape index (κ2) is 26.9. The van der Waals surface area contributed by atoms with Gasteiger partial charge in [0.1, 0.15) is 6.61 Å². The lowest BCUT2D eigenvalue weighted by molar-refractivity contribution is -0.160. The number of nitrogens with two attached hydrogens (primary N) is 1. The van der Waals surface area contributed by atoms with E-state index in [-0.39, 0.29) is 32.6 Å². The number of allylic oxidation sites excluding steroid dienone is 9. The lowest BCUT2D eigenvalue weighted by Crippen LogP contribution is -2.29. The molecule has 0 aromatic rings. The minimum absolute atomic E-state index is 0.00452. The van der Waals surface area contributed by atoms with Gasteiger partial charge in [-0.15, -0.1) is 0 Å². The fourth-order valence-corrected chi connectivity index (χ4v) is 3.88. The fraction of sp³-hybridized carbons (Fsp3) is 0.600. The number of rotatable bonds is 25. The Balaban J connectivity index is 4.48. The van der Waals surface area contributed by atoms with Crippen LogP contribution in [0.15, 0.2) is 60.8 Å². The van der Waals surface area contributed by atoms with Crippen LogP contribution in [0.1, 0.15) is 84.5 Å². The third-order valence-corrected chi connectivity index (χ3v) is 6.19. The number of esters is 2. The van der Waals surface area contributed by atoms with Gasteiger partial charge in [-0.25, -0.2) is 4.57 Å². The van der Waals surface area contributed by atoms with Crippen LogP contribution in [-0.4, -0.2) is 49.3 Å². The average molecular weight is 584 g/mol. The van der Waals surface area contributed by atoms with Crippen molar-refractivity contribution in [3.05, 3.63) is 60.8 Å². The van der Waals surface area contributed by atoms with Crippen LogP contribution in [0.5, 0.6) is 0 Å². The molecule has 0 radical (unpaired) electrons. The van der Waals surface area contributed by atoms with Gasteiger partial charge in [-0.2, -0.15) is 0 Å². The second-order valence-corrected chi connectivity index (χ2v) is 10.4. The molecule has 10 heteroatoms. The van der Waals surface area contributed by atoms with E-state index in [4.69, 9.17) is 19.7 Å². The summed E-state index contributed by atoms with van der Waals surface area (Å²) in [6.45, 7) is 3.30. The van der Waals surface area contributed by atoms with Gasteiger partial charge in [-0.1, -0.05) is 93.9 Å². The number of carbonyl (C=O) groups is 2. The summed E-state index contributed by atoms with van der Waals surface area (Å²) in [7, 11) is -4.38. The smallest absolute Gasteiger partial charge is 0.462 e. The zero-order valence-electron chi connectivity index (χ0n) is 24.3. The zero-order chi connectivity index (χ0) is 29.7. The molecule has 0 aromatic heterocycles. The summed E-state index contributed by atoms with van der Waals surface area (Å²) in [5.74, 6) is -1.01. The van der Waals surface area contributed by atoms with Crippen molar-refractivity contribution in [2.45, 2.75) is 90.6 Å². The molecule has 0 saturated heterocycles. The van der Waals surface area contributed by atoms with Crippen LogP contribution in [0, 0.1) is 0 Å². The second-order valence-electron chi connectivity index (χ2n) is 8.90. The maximum atomic E-state index is 12.3. The van der Waals surface area contributed by atoms with E-state index in [2.05, 4.69) is 60.9 Å². The zero-order valence-corrected chi connectivity index (χ0v) is 25.2. The summed E-state index contributed by atoms with van der Waals surface area (Å²) in [5.41, 5.74) is 5.27. The van der Waals surface area contributed by atoms with E-state index in [1.807, 2.05) is 12.2 Å². The number of hydrogen-bond donors (Lipinski definition) is 2. The van der Waals surface area contributed by atoms with Crippen molar-refractivity contribution in [3.8, 4) is 0 Å². The molecule has 0 bridgehead atoms. The van der Waals surface area contributed by atoms with Crippen molar-refractivity contribution < 1.29 is 37.6 Å². The topological polar surface area (TPSA) is 134 Å². The van der Waals surface area contributed by atoms with Crippen molar-refractivity contribution in [1.29, 1.82) is 0 Å². The highest BCUT2D eigenvalue weighted by Gasteiger charge is 2.25. The Morgan fingerprint density at radius 2 is 1.35 bits per heavy atom. The Morgan fingerprint density at radius 1 is 0.775 bits per heavy atom. The highest BCUT2D eigenvalue weighted by molar-refractivity contribution is 7.47. The minimum Gasteiger partial charge on any atom is -0.462 e. The summed E-state index contributed by atoms with van der Waals surface area (Å²) in [5, 5.41) is 0. The van der Waals surface area contributed by atoms with Crippen LogP contribution < -0.4 is 5.73 Å². The molecule has 40 heavy (non-hydrogen) atoms. The highest BCUT2D eigenvalue weighted by atomic mass is 31.2. The molecule has 0 rings (SSSR count). The van der Waals surface area contributed by atoms with Crippen LogP contribution in [0.25, 0.3) is 0 Å². The van der Waals surface area contributed by atoms with Crippen molar-refractivity contribution >= 4 is 19.8 Å². The number of hydrogen-bond acceptors (Lipinski definition) is 8. The third kappa shape index (κ3) is 26.0. The number of phosphoric ester groups is 1. The minimum atomic E-state index is -4.38. The van der Waals surface area contributed by atoms with Gasteiger partial charge in [0.2, 0.25) is 0 Å². The largest absolute Gasteiger partial charge is 0.472 e. The predicted octanol–water partition coefficient (Wildman–Crippen LogP) is 6.65. The number of ether oxygens (including phenoxy) is 2. The maximum Gasteiger partial charge on any atom is 0.472 e. The lowest BCUT2D eigenvalue weighted by atomic mass is 10.2. The van der Waals surface area contributed by atoms with Gasteiger partial charge < -0.3 is 20.1 Å². The molecule has 0 aliphatic rings. The van der Waals surface area contributed by atoms with Crippen molar-refractivity contribution in [2.24, 2.45) is 5.73 Å². The van der Waals surface area contributed by atoms with E-state index >= 15 is 0 Å². The van der Waals surface area contributed by atoms with Gasteiger partial charge in [-0.3, -0.25) is 18.6 Å². The van der Waals surface area contributed by atoms with E-state index in [0.29, 0.717) is 12.8 Å². The summed E-state index contributed by atoms with van der Waals surface area (Å²) in [6, 6.07) is 0. The molecule has 0 saturated carbocycles. The summed E-state index contributed by atoms with van der Waals surface area (Å²) >= 11 is 0. The summed E-state index contributed by atoms with van der Waals surface area (Å²) < 4.78 is 32.0. The highest BCUT2D eigenvalue weighted by Crippen LogP contribution is 2.43. The molecule has 2 atom stereocenters. The summed E-state index contributed by atoms with van der Waals surface area (Å²) in [4.78, 5) is 34.0. The SMILES string of the molecule is CC/C=C\C/C=C\C/C=C\C/C=C\C/C=C\CC(=O)OC(COC(=O)CCCCCC)COP(=O)(O)OCCN. The summed E-state index contributed by atoms with van der Waals surface area (Å²) in [6.07, 6.45) is 27.8. The number of unbranched alkanes of at least 4 members (excludes halogenated alkanes) is 3. The van der Waals surface area contributed by atoms with Crippen LogP contribution in [-0.2, 0) is 32.7 Å². The van der Waals surface area contributed by atoms with E-state index in [9.17, 15) is 19.0 Å². The van der Waals surface area contributed by atoms with Crippen molar-refractivity contribution in [2.75, 3.05) is 26.4 Å². The first-order chi connectivity index (χ1) is 19.3. The van der Waals surface area contributed by atoms with E-state index in [1.54, 1.807) is 6.08 Å². The molecule has 3 N–H and O–H groups in total. The van der Waals surface area contributed by atoms with Gasteiger partial charge in [-0.05, 0) is 38.5 Å². The molecule has 0 aromatic carbocycles. The van der Waals surface area contributed by atoms with Crippen LogP contribution in [0.4, 0.5) is 0 Å². The van der Waals surface area contributed by atoms with Gasteiger partial charge in [0, 0.05) is 13.0 Å². The Morgan fingerprint density at radius 3 is 1.90 bits per heavy atom. The van der Waals surface area contributed by atoms with Crippen molar-refractivity contribution in [1.82, 2.24) is 0 Å². The lowest BCUT2D eigenvalue weighted by Gasteiger charge is -2.19. The van der Waals surface area contributed by atoms with Crippen LogP contribution in [0.3, 0.4) is 0 Å². The Hall–Kier alpha value is -2.29. The van der Waals surface area contributed by atoms with Gasteiger partial charge >= 0.3 is 19.8 Å². The number of carbonyl (C=O) groups excluding carboxylic acids is 2. The Kier molecular flexibility index (Phi) is 25.4. The monoisotopic (exact) mass is 583 g/mol. The Labute approximate surface area is 240 Å². The molecule has 9 nitrogen and oxygen atoms in total. The Bertz CT molecular complexity index is 851. The molecule has 0 heterocycles. The number of phosphoric acid groups is 1. The first-order valence-corrected chi connectivity index (χ1v) is 15.8. The fourth-order valence-electron chi connectivity index (χ4n) is 3.12. The van der Waals surface area contributed by atoms with E-state index in [0.717, 1.165) is 44.9 Å². The van der Waals surface area contributed by atoms with Crippen LogP contribution >= 0.6 is 7.82 Å². The molecule has 0 fully saturated rings. The standard InChI is InChI=1S/C30H50NO8P/c1-3-5-7-9-10-11-12-13-14-15-16-17-18-19-21-23-30(33)39-28(27-38-40(34,35)37-25-24-31)26-36-29(32)22-20-8-6-4-2/h5,7,10-11,13-14,16-17,19,21,28H,3-4,6,8-9,12,15,18,20,22-27,31H2,1-2H3,(H,34,35)/b7-5-,11-10-,14-13-,17-16-,21-19-. The third-order valence-electron chi connectivity index (χ3n) is 5.20. The maximum absolute atomic E-state index is 12.3. The van der Waals surface area contributed by atoms with E-state index in [1.165, 1.54) is 0 Å². The average Bonchev–Trinajstić information content (AvgIpc) is 2.93. The van der Waals surface area contributed by atoms with Crippen molar-refractivity contribution in [3.63, 3.8) is 0 Å². The van der Waals surface area contributed by atoms with E-state index < -0.39 is 32.5 Å². The van der Waals surface area contributed by atoms with Gasteiger partial charge in [0.05, 0.1) is 19.6 Å². The quantitative estimate of drug-likeness (QED) is 0.0524. The molecular weight excluding hydrogens is 533 g/mol.